The number of benzene rings is 2. The number of carbonyl (C=O) groups is 1. The minimum atomic E-state index is -0.555. The van der Waals surface area contributed by atoms with Crippen molar-refractivity contribution < 1.29 is 4.79 Å². The first-order valence-corrected chi connectivity index (χ1v) is 11.8. The SMILES string of the molecule is CC1=CCCC(C)(C)C1/C=C/C(C)=N/NC(=O)C(Nc1ccc(Br)cc1)c1ccccc1. The number of anilines is 1. The number of allylic oxidation sites excluding steroid dienone is 4. The van der Waals surface area contributed by atoms with E-state index in [4.69, 9.17) is 0 Å². The molecule has 2 N–H and O–H groups in total. The Hall–Kier alpha value is -2.66. The van der Waals surface area contributed by atoms with Crippen LogP contribution in [0.25, 0.3) is 0 Å². The molecule has 2 unspecified atom stereocenters. The number of rotatable bonds is 7. The first-order chi connectivity index (χ1) is 15.3. The van der Waals surface area contributed by atoms with Crippen molar-refractivity contribution in [1.29, 1.82) is 0 Å². The second-order valence-corrected chi connectivity index (χ2v) is 9.95. The summed E-state index contributed by atoms with van der Waals surface area (Å²) in [6.07, 6.45) is 8.86. The van der Waals surface area contributed by atoms with Crippen LogP contribution in [0.5, 0.6) is 0 Å². The molecule has 2 aromatic carbocycles. The van der Waals surface area contributed by atoms with Crippen LogP contribution < -0.4 is 10.7 Å². The van der Waals surface area contributed by atoms with E-state index in [-0.39, 0.29) is 11.3 Å². The third-order valence-electron chi connectivity index (χ3n) is 6.01. The number of amides is 1. The van der Waals surface area contributed by atoms with E-state index in [1.54, 1.807) is 0 Å². The second-order valence-electron chi connectivity index (χ2n) is 9.04. The third kappa shape index (κ3) is 6.42. The lowest BCUT2D eigenvalue weighted by molar-refractivity contribution is -0.121. The molecule has 0 saturated carbocycles. The van der Waals surface area contributed by atoms with Crippen LogP contribution in [0.3, 0.4) is 0 Å². The molecule has 0 spiro atoms. The van der Waals surface area contributed by atoms with Crippen LogP contribution in [0.4, 0.5) is 5.69 Å². The van der Waals surface area contributed by atoms with Crippen LogP contribution >= 0.6 is 15.9 Å². The van der Waals surface area contributed by atoms with Crippen molar-refractivity contribution >= 4 is 33.2 Å². The smallest absolute Gasteiger partial charge is 0.267 e. The van der Waals surface area contributed by atoms with Gasteiger partial charge in [-0.3, -0.25) is 4.79 Å². The summed E-state index contributed by atoms with van der Waals surface area (Å²) >= 11 is 3.45. The third-order valence-corrected chi connectivity index (χ3v) is 6.54. The molecular weight excluding hydrogens is 462 g/mol. The molecule has 168 valence electrons. The summed E-state index contributed by atoms with van der Waals surface area (Å²) in [6.45, 7) is 8.73. The predicted octanol–water partition coefficient (Wildman–Crippen LogP) is 7.03. The molecule has 2 aromatic rings. The summed E-state index contributed by atoms with van der Waals surface area (Å²) in [4.78, 5) is 13.1. The minimum absolute atomic E-state index is 0.207. The van der Waals surface area contributed by atoms with Crippen molar-refractivity contribution in [3.05, 3.63) is 88.4 Å². The first-order valence-electron chi connectivity index (χ1n) is 11.0. The lowest BCUT2D eigenvalue weighted by Gasteiger charge is -2.36. The minimum Gasteiger partial charge on any atom is -0.370 e. The fourth-order valence-corrected chi connectivity index (χ4v) is 4.39. The van der Waals surface area contributed by atoms with Crippen LogP contribution in [0.2, 0.25) is 0 Å². The normalized spacial score (nSPS) is 19.3. The van der Waals surface area contributed by atoms with Gasteiger partial charge in [-0.1, -0.05) is 77.8 Å². The standard InChI is InChI=1S/C27H32BrN3O/c1-19-9-8-18-27(3,4)24(19)17-12-20(2)30-31-26(32)25(21-10-6-5-7-11-21)29-23-15-13-22(28)14-16-23/h5-7,9-17,24-25,29H,8,18H2,1-4H3,(H,31,32)/b17-12+,30-20+. The molecule has 2 atom stereocenters. The molecule has 5 heteroatoms. The maximum Gasteiger partial charge on any atom is 0.267 e. The van der Waals surface area contributed by atoms with Gasteiger partial charge in [-0.15, -0.1) is 0 Å². The highest BCUT2D eigenvalue weighted by atomic mass is 79.9. The molecular formula is C27H32BrN3O. The summed E-state index contributed by atoms with van der Waals surface area (Å²) in [7, 11) is 0. The highest BCUT2D eigenvalue weighted by Crippen LogP contribution is 2.41. The maximum atomic E-state index is 13.1. The Balaban J connectivity index is 1.72. The van der Waals surface area contributed by atoms with Crippen LogP contribution in [0, 0.1) is 11.3 Å². The Morgan fingerprint density at radius 3 is 2.50 bits per heavy atom. The quantitative estimate of drug-likeness (QED) is 0.247. The number of carbonyl (C=O) groups excluding carboxylic acids is 1. The van der Waals surface area contributed by atoms with Gasteiger partial charge in [-0.25, -0.2) is 5.43 Å². The van der Waals surface area contributed by atoms with E-state index in [0.717, 1.165) is 27.9 Å². The molecule has 0 radical (unpaired) electrons. The zero-order valence-electron chi connectivity index (χ0n) is 19.2. The molecule has 0 saturated heterocycles. The molecule has 4 nitrogen and oxygen atoms in total. The van der Waals surface area contributed by atoms with Gasteiger partial charge in [0.2, 0.25) is 0 Å². The van der Waals surface area contributed by atoms with E-state index in [1.165, 1.54) is 12.0 Å². The Bertz CT molecular complexity index is 1010. The fourth-order valence-electron chi connectivity index (χ4n) is 4.12. The van der Waals surface area contributed by atoms with Crippen LogP contribution in [0.1, 0.15) is 52.1 Å². The predicted molar refractivity (Wildman–Crippen MR) is 138 cm³/mol. The molecule has 0 bridgehead atoms. The molecule has 1 amide bonds. The average Bonchev–Trinajstić information content (AvgIpc) is 2.77. The number of hydrogen-bond acceptors (Lipinski definition) is 3. The summed E-state index contributed by atoms with van der Waals surface area (Å²) < 4.78 is 0.988. The highest BCUT2D eigenvalue weighted by Gasteiger charge is 2.30. The zero-order chi connectivity index (χ0) is 23.1. The van der Waals surface area contributed by atoms with Gasteiger partial charge >= 0.3 is 0 Å². The number of hydrogen-bond donors (Lipinski definition) is 2. The van der Waals surface area contributed by atoms with Gasteiger partial charge < -0.3 is 5.32 Å². The van der Waals surface area contributed by atoms with E-state index in [9.17, 15) is 4.79 Å². The van der Waals surface area contributed by atoms with E-state index in [0.29, 0.717) is 5.92 Å². The van der Waals surface area contributed by atoms with Gasteiger partial charge in [0.15, 0.2) is 0 Å². The molecule has 1 aliphatic carbocycles. The molecule has 0 aliphatic heterocycles. The van der Waals surface area contributed by atoms with E-state index in [2.05, 4.69) is 64.7 Å². The molecule has 1 aliphatic rings. The molecule has 3 rings (SSSR count). The van der Waals surface area contributed by atoms with Crippen molar-refractivity contribution in [2.45, 2.75) is 46.6 Å². The lowest BCUT2D eigenvalue weighted by atomic mass is 9.68. The Morgan fingerprint density at radius 2 is 1.84 bits per heavy atom. The topological polar surface area (TPSA) is 53.5 Å². The highest BCUT2D eigenvalue weighted by molar-refractivity contribution is 9.10. The van der Waals surface area contributed by atoms with Gasteiger partial charge in [0.1, 0.15) is 6.04 Å². The van der Waals surface area contributed by atoms with Crippen LogP contribution in [0.15, 0.2) is 88.0 Å². The number of halogens is 1. The number of hydrazone groups is 1. The van der Waals surface area contributed by atoms with Crippen molar-refractivity contribution in [2.24, 2.45) is 16.4 Å². The summed E-state index contributed by atoms with van der Waals surface area (Å²) in [5.41, 5.74) is 6.88. The summed E-state index contributed by atoms with van der Waals surface area (Å²) in [6, 6.07) is 16.9. The Labute approximate surface area is 200 Å². The fraction of sp³-hybridized carbons (Fsp3) is 0.333. The van der Waals surface area contributed by atoms with E-state index >= 15 is 0 Å². The molecule has 0 fully saturated rings. The lowest BCUT2D eigenvalue weighted by Crippen LogP contribution is -2.31. The number of nitrogens with one attached hydrogen (secondary N) is 2. The maximum absolute atomic E-state index is 13.1. The van der Waals surface area contributed by atoms with Gasteiger partial charge in [-0.2, -0.15) is 5.10 Å². The van der Waals surface area contributed by atoms with Gasteiger partial charge in [0, 0.05) is 16.1 Å². The monoisotopic (exact) mass is 493 g/mol. The molecule has 32 heavy (non-hydrogen) atoms. The summed E-state index contributed by atoms with van der Waals surface area (Å²) in [5, 5.41) is 7.67. The molecule has 0 heterocycles. The Morgan fingerprint density at radius 1 is 1.16 bits per heavy atom. The van der Waals surface area contributed by atoms with Crippen molar-refractivity contribution in [2.75, 3.05) is 5.32 Å². The van der Waals surface area contributed by atoms with Crippen LogP contribution in [-0.4, -0.2) is 11.6 Å². The molecule has 0 aromatic heterocycles. The van der Waals surface area contributed by atoms with Crippen molar-refractivity contribution in [3.63, 3.8) is 0 Å². The van der Waals surface area contributed by atoms with E-state index < -0.39 is 6.04 Å². The van der Waals surface area contributed by atoms with Crippen LogP contribution in [-0.2, 0) is 4.79 Å². The first kappa shape index (κ1) is 24.0. The largest absolute Gasteiger partial charge is 0.370 e. The van der Waals surface area contributed by atoms with Gasteiger partial charge in [-0.05, 0) is 68.0 Å². The second kappa shape index (κ2) is 10.8. The number of nitrogens with zero attached hydrogens (tertiary/aromatic N) is 1. The average molecular weight is 494 g/mol. The van der Waals surface area contributed by atoms with Crippen molar-refractivity contribution in [3.8, 4) is 0 Å². The summed E-state index contributed by atoms with van der Waals surface area (Å²) in [5.74, 6) is 0.175. The Kier molecular flexibility index (Phi) is 8.08. The zero-order valence-corrected chi connectivity index (χ0v) is 20.8. The van der Waals surface area contributed by atoms with Gasteiger partial charge in [0.25, 0.3) is 5.91 Å². The van der Waals surface area contributed by atoms with Gasteiger partial charge in [0.05, 0.1) is 5.71 Å². The van der Waals surface area contributed by atoms with Crippen molar-refractivity contribution in [1.82, 2.24) is 5.43 Å². The van der Waals surface area contributed by atoms with E-state index in [1.807, 2.05) is 67.6 Å².